The first kappa shape index (κ1) is 15.0. The van der Waals surface area contributed by atoms with Gasteiger partial charge in [-0.25, -0.2) is 22.3 Å². The summed E-state index contributed by atoms with van der Waals surface area (Å²) in [6.07, 6.45) is -2.48. The zero-order chi connectivity index (χ0) is 13.6. The van der Waals surface area contributed by atoms with E-state index in [0.29, 0.717) is 12.3 Å². The zero-order valence-electron chi connectivity index (χ0n) is 9.43. The molecule has 0 saturated heterocycles. The van der Waals surface area contributed by atoms with E-state index in [2.05, 4.69) is 10.1 Å². The van der Waals surface area contributed by atoms with Crippen LogP contribution in [0.4, 0.5) is 8.78 Å². The van der Waals surface area contributed by atoms with Gasteiger partial charge in [-0.05, 0) is 12.1 Å². The van der Waals surface area contributed by atoms with E-state index in [1.165, 1.54) is 12.1 Å². The molecule has 0 aliphatic rings. The van der Waals surface area contributed by atoms with E-state index in [4.69, 9.17) is 9.56 Å². The first-order valence-electron chi connectivity index (χ1n) is 5.07. The van der Waals surface area contributed by atoms with Crippen molar-refractivity contribution in [2.75, 3.05) is 19.8 Å². The lowest BCUT2D eigenvalue weighted by Gasteiger charge is -2.04. The minimum Gasteiger partial charge on any atom is -0.447 e. The van der Waals surface area contributed by atoms with Gasteiger partial charge in [0.05, 0.1) is 13.2 Å². The Morgan fingerprint density at radius 2 is 2.17 bits per heavy atom. The van der Waals surface area contributed by atoms with Crippen molar-refractivity contribution in [3.05, 3.63) is 17.9 Å². The normalized spacial score (nSPS) is 12.2. The number of rotatable bonds is 8. The molecule has 0 saturated carbocycles. The van der Waals surface area contributed by atoms with Crippen LogP contribution >= 0.6 is 0 Å². The molecule has 1 heterocycles. The lowest BCUT2D eigenvalue weighted by molar-refractivity contribution is 0.0186. The second-order valence-corrected chi connectivity index (χ2v) is 4.90. The first-order chi connectivity index (χ1) is 8.39. The van der Waals surface area contributed by atoms with Crippen LogP contribution in [0.15, 0.2) is 21.6 Å². The van der Waals surface area contributed by atoms with E-state index in [1.807, 2.05) is 0 Å². The van der Waals surface area contributed by atoms with Gasteiger partial charge in [0, 0.05) is 6.54 Å². The fourth-order valence-corrected chi connectivity index (χ4v) is 1.62. The summed E-state index contributed by atoms with van der Waals surface area (Å²) in [5.74, 6) is 0.382. The lowest BCUT2D eigenvalue weighted by Crippen LogP contribution is -2.20. The number of hydrogen-bond acceptors (Lipinski definition) is 5. The molecule has 3 N–H and O–H groups in total. The zero-order valence-corrected chi connectivity index (χ0v) is 10.3. The summed E-state index contributed by atoms with van der Waals surface area (Å²) in [5, 5.41) is 7.39. The maximum Gasteiger partial charge on any atom is 0.271 e. The third-order valence-electron chi connectivity index (χ3n) is 1.88. The monoisotopic (exact) mass is 284 g/mol. The Morgan fingerprint density at radius 3 is 2.72 bits per heavy atom. The highest BCUT2D eigenvalue weighted by Crippen LogP contribution is 2.11. The van der Waals surface area contributed by atoms with E-state index in [0.717, 1.165) is 0 Å². The van der Waals surface area contributed by atoms with Gasteiger partial charge in [0.2, 0.25) is 5.09 Å². The van der Waals surface area contributed by atoms with Gasteiger partial charge in [0.1, 0.15) is 12.4 Å². The van der Waals surface area contributed by atoms with Gasteiger partial charge in [-0.3, -0.25) is 0 Å². The van der Waals surface area contributed by atoms with Crippen molar-refractivity contribution in [3.63, 3.8) is 0 Å². The van der Waals surface area contributed by atoms with Crippen LogP contribution in [0, 0.1) is 0 Å². The van der Waals surface area contributed by atoms with Crippen molar-refractivity contribution in [2.45, 2.75) is 18.1 Å². The molecule has 1 aromatic rings. The number of alkyl halides is 2. The number of nitrogens with one attached hydrogen (secondary N) is 1. The minimum atomic E-state index is -3.83. The predicted molar refractivity (Wildman–Crippen MR) is 58.6 cm³/mol. The van der Waals surface area contributed by atoms with E-state index in [1.54, 1.807) is 0 Å². The summed E-state index contributed by atoms with van der Waals surface area (Å²) in [6.45, 7) is 0.136. The van der Waals surface area contributed by atoms with E-state index >= 15 is 0 Å². The van der Waals surface area contributed by atoms with Crippen molar-refractivity contribution in [1.29, 1.82) is 0 Å². The van der Waals surface area contributed by atoms with E-state index < -0.39 is 23.1 Å². The van der Waals surface area contributed by atoms with Gasteiger partial charge in [-0.1, -0.05) is 0 Å². The fourth-order valence-electron chi connectivity index (χ4n) is 1.13. The third kappa shape index (κ3) is 5.54. The second-order valence-electron chi connectivity index (χ2n) is 3.41. The van der Waals surface area contributed by atoms with E-state index in [9.17, 15) is 17.2 Å². The summed E-state index contributed by atoms with van der Waals surface area (Å²) >= 11 is 0. The molecule has 6 nitrogen and oxygen atoms in total. The Hall–Kier alpha value is -1.03. The highest BCUT2D eigenvalue weighted by molar-refractivity contribution is 7.89. The second kappa shape index (κ2) is 6.78. The van der Waals surface area contributed by atoms with Crippen molar-refractivity contribution in [2.24, 2.45) is 5.14 Å². The Balaban J connectivity index is 2.22. The van der Waals surface area contributed by atoms with Crippen molar-refractivity contribution >= 4 is 10.0 Å². The number of halogens is 2. The molecule has 0 atom stereocenters. The standard InChI is InChI=1S/C9H14F2N2O4S/c10-8(11)6-16-4-3-13-5-7-1-2-9(17-7)18(12,14)15/h1-2,8,13H,3-6H2,(H2,12,14,15). The molecule has 104 valence electrons. The fraction of sp³-hybridized carbons (Fsp3) is 0.556. The number of ether oxygens (including phenoxy) is 1. The average molecular weight is 284 g/mol. The Labute approximate surface area is 103 Å². The molecular weight excluding hydrogens is 270 g/mol. The first-order valence-corrected chi connectivity index (χ1v) is 6.62. The molecule has 0 unspecified atom stereocenters. The van der Waals surface area contributed by atoms with Gasteiger partial charge in [-0.15, -0.1) is 0 Å². The van der Waals surface area contributed by atoms with Crippen LogP contribution in [0.5, 0.6) is 0 Å². The van der Waals surface area contributed by atoms with Crippen molar-refractivity contribution in [1.82, 2.24) is 5.32 Å². The van der Waals surface area contributed by atoms with Crippen LogP contribution in [-0.2, 0) is 21.3 Å². The quantitative estimate of drug-likeness (QED) is 0.669. The number of hydrogen-bond donors (Lipinski definition) is 2. The van der Waals surface area contributed by atoms with Crippen molar-refractivity contribution < 1.29 is 26.4 Å². The van der Waals surface area contributed by atoms with Gasteiger partial charge in [0.15, 0.2) is 0 Å². The minimum absolute atomic E-state index is 0.132. The summed E-state index contributed by atoms with van der Waals surface area (Å²) in [6, 6.07) is 2.71. The molecule has 0 aliphatic heterocycles. The van der Waals surface area contributed by atoms with Crippen LogP contribution in [0.2, 0.25) is 0 Å². The molecule has 1 aromatic heterocycles. The van der Waals surface area contributed by atoms with E-state index in [-0.39, 0.29) is 18.2 Å². The maximum atomic E-state index is 11.7. The average Bonchev–Trinajstić information content (AvgIpc) is 2.71. The Morgan fingerprint density at radius 1 is 1.44 bits per heavy atom. The smallest absolute Gasteiger partial charge is 0.271 e. The largest absolute Gasteiger partial charge is 0.447 e. The lowest BCUT2D eigenvalue weighted by atomic mass is 10.4. The third-order valence-corrected chi connectivity index (χ3v) is 2.66. The number of sulfonamides is 1. The molecule has 9 heteroatoms. The summed E-state index contributed by atoms with van der Waals surface area (Å²) in [4.78, 5) is 0. The van der Waals surface area contributed by atoms with Crippen molar-refractivity contribution in [3.8, 4) is 0 Å². The summed E-state index contributed by atoms with van der Waals surface area (Å²) in [5.41, 5.74) is 0. The molecule has 0 aromatic carbocycles. The molecule has 0 fully saturated rings. The predicted octanol–water partition coefficient (Wildman–Crippen LogP) is 0.298. The molecule has 18 heavy (non-hydrogen) atoms. The molecule has 0 amide bonds. The number of nitrogens with two attached hydrogens (primary N) is 1. The number of primary sulfonamides is 1. The summed E-state index contributed by atoms with van der Waals surface area (Å²) in [7, 11) is -3.83. The van der Waals surface area contributed by atoms with Crippen LogP contribution in [0.3, 0.4) is 0 Å². The molecule has 0 radical (unpaired) electrons. The number of furan rings is 1. The van der Waals surface area contributed by atoms with Gasteiger partial charge < -0.3 is 14.5 Å². The Kier molecular flexibility index (Phi) is 5.66. The molecule has 0 bridgehead atoms. The van der Waals surface area contributed by atoms with Crippen LogP contribution < -0.4 is 10.5 Å². The molecule has 1 rings (SSSR count). The highest BCUT2D eigenvalue weighted by Gasteiger charge is 2.12. The molecule has 0 spiro atoms. The summed E-state index contributed by atoms with van der Waals surface area (Å²) < 4.78 is 54.8. The highest BCUT2D eigenvalue weighted by atomic mass is 32.2. The van der Waals surface area contributed by atoms with Gasteiger partial charge in [-0.2, -0.15) is 0 Å². The molecule has 0 aliphatic carbocycles. The van der Waals surface area contributed by atoms with Gasteiger partial charge >= 0.3 is 0 Å². The Bertz CT molecular complexity index is 461. The van der Waals surface area contributed by atoms with Gasteiger partial charge in [0.25, 0.3) is 16.4 Å². The molecular formula is C9H14F2N2O4S. The topological polar surface area (TPSA) is 94.6 Å². The van der Waals surface area contributed by atoms with Crippen LogP contribution in [-0.4, -0.2) is 34.6 Å². The van der Waals surface area contributed by atoms with Crippen LogP contribution in [0.1, 0.15) is 5.76 Å². The van der Waals surface area contributed by atoms with Crippen LogP contribution in [0.25, 0.3) is 0 Å². The maximum absolute atomic E-state index is 11.7. The SMILES string of the molecule is NS(=O)(=O)c1ccc(CNCCOCC(F)F)o1.